The SMILES string of the molecule is C=C1CC[C@@](C(=O)O)(C(C)C)C1. The first kappa shape index (κ1) is 9.30. The fourth-order valence-corrected chi connectivity index (χ4v) is 1.95. The van der Waals surface area contributed by atoms with Crippen molar-refractivity contribution in [3.05, 3.63) is 12.2 Å². The molecule has 0 unspecified atom stereocenters. The van der Waals surface area contributed by atoms with Crippen molar-refractivity contribution >= 4 is 5.97 Å². The molecule has 0 aromatic carbocycles. The van der Waals surface area contributed by atoms with Crippen LogP contribution < -0.4 is 0 Å². The molecule has 0 radical (unpaired) electrons. The zero-order valence-electron chi connectivity index (χ0n) is 7.76. The Bertz CT molecular complexity index is 218. The lowest BCUT2D eigenvalue weighted by molar-refractivity contribution is -0.151. The Hall–Kier alpha value is -0.790. The van der Waals surface area contributed by atoms with Gasteiger partial charge in [-0.1, -0.05) is 26.0 Å². The maximum atomic E-state index is 11.1. The molecule has 0 heterocycles. The lowest BCUT2D eigenvalue weighted by atomic mass is 9.76. The van der Waals surface area contributed by atoms with Crippen molar-refractivity contribution in [3.63, 3.8) is 0 Å². The van der Waals surface area contributed by atoms with Crippen molar-refractivity contribution in [3.8, 4) is 0 Å². The summed E-state index contributed by atoms with van der Waals surface area (Å²) < 4.78 is 0. The van der Waals surface area contributed by atoms with E-state index in [0.29, 0.717) is 6.42 Å². The van der Waals surface area contributed by atoms with Crippen molar-refractivity contribution in [2.75, 3.05) is 0 Å². The van der Waals surface area contributed by atoms with Crippen LogP contribution in [0.5, 0.6) is 0 Å². The fourth-order valence-electron chi connectivity index (χ4n) is 1.95. The van der Waals surface area contributed by atoms with E-state index in [1.165, 1.54) is 0 Å². The van der Waals surface area contributed by atoms with Crippen LogP contribution in [0.15, 0.2) is 12.2 Å². The highest BCUT2D eigenvalue weighted by molar-refractivity contribution is 5.76. The Labute approximate surface area is 73.3 Å². The summed E-state index contributed by atoms with van der Waals surface area (Å²) in [6, 6.07) is 0. The topological polar surface area (TPSA) is 37.3 Å². The largest absolute Gasteiger partial charge is 0.481 e. The van der Waals surface area contributed by atoms with Crippen molar-refractivity contribution in [2.24, 2.45) is 11.3 Å². The van der Waals surface area contributed by atoms with Crippen molar-refractivity contribution in [1.29, 1.82) is 0 Å². The first-order chi connectivity index (χ1) is 5.49. The minimum Gasteiger partial charge on any atom is -0.481 e. The van der Waals surface area contributed by atoms with Crippen LogP contribution in [0, 0.1) is 11.3 Å². The highest BCUT2D eigenvalue weighted by Crippen LogP contribution is 2.46. The Morgan fingerprint density at radius 1 is 1.67 bits per heavy atom. The van der Waals surface area contributed by atoms with E-state index in [-0.39, 0.29) is 5.92 Å². The van der Waals surface area contributed by atoms with Gasteiger partial charge in [0.1, 0.15) is 0 Å². The molecule has 0 aliphatic heterocycles. The second-order valence-electron chi connectivity index (χ2n) is 4.04. The molecule has 0 saturated heterocycles. The van der Waals surface area contributed by atoms with Gasteiger partial charge in [0.15, 0.2) is 0 Å². The number of carboxylic acids is 1. The van der Waals surface area contributed by atoms with Gasteiger partial charge >= 0.3 is 5.97 Å². The smallest absolute Gasteiger partial charge is 0.310 e. The van der Waals surface area contributed by atoms with Crippen LogP contribution in [0.1, 0.15) is 33.1 Å². The predicted octanol–water partition coefficient (Wildman–Crippen LogP) is 2.45. The molecule has 12 heavy (non-hydrogen) atoms. The summed E-state index contributed by atoms with van der Waals surface area (Å²) >= 11 is 0. The van der Waals surface area contributed by atoms with Gasteiger partial charge in [-0.2, -0.15) is 0 Å². The third-order valence-electron chi connectivity index (χ3n) is 3.02. The van der Waals surface area contributed by atoms with Gasteiger partial charge in [0.2, 0.25) is 0 Å². The van der Waals surface area contributed by atoms with E-state index in [1.54, 1.807) is 0 Å². The van der Waals surface area contributed by atoms with Crippen LogP contribution in [0.4, 0.5) is 0 Å². The standard InChI is InChI=1S/C10H16O2/c1-7(2)10(9(11)12)5-4-8(3)6-10/h7H,3-6H2,1-2H3,(H,11,12)/t10-/m0/s1. The number of rotatable bonds is 2. The summed E-state index contributed by atoms with van der Waals surface area (Å²) in [6.07, 6.45) is 2.31. The Morgan fingerprint density at radius 3 is 2.42 bits per heavy atom. The summed E-state index contributed by atoms with van der Waals surface area (Å²) in [7, 11) is 0. The van der Waals surface area contributed by atoms with E-state index in [0.717, 1.165) is 18.4 Å². The lowest BCUT2D eigenvalue weighted by Crippen LogP contribution is -2.33. The minimum absolute atomic E-state index is 0.203. The van der Waals surface area contributed by atoms with E-state index >= 15 is 0 Å². The molecule has 0 aromatic heterocycles. The Morgan fingerprint density at radius 2 is 2.25 bits per heavy atom. The molecule has 1 aliphatic rings. The van der Waals surface area contributed by atoms with Gasteiger partial charge in [-0.25, -0.2) is 0 Å². The van der Waals surface area contributed by atoms with Gasteiger partial charge in [0.05, 0.1) is 5.41 Å². The summed E-state index contributed by atoms with van der Waals surface area (Å²) in [6.45, 7) is 7.81. The van der Waals surface area contributed by atoms with E-state index in [9.17, 15) is 4.79 Å². The van der Waals surface area contributed by atoms with Crippen molar-refractivity contribution in [2.45, 2.75) is 33.1 Å². The Kier molecular flexibility index (Phi) is 2.27. The average molecular weight is 168 g/mol. The molecule has 1 saturated carbocycles. The molecule has 68 valence electrons. The highest BCUT2D eigenvalue weighted by Gasteiger charge is 2.45. The Balaban J connectivity index is 2.89. The number of carbonyl (C=O) groups is 1. The lowest BCUT2D eigenvalue weighted by Gasteiger charge is -2.27. The van der Waals surface area contributed by atoms with Crippen LogP contribution in [0.2, 0.25) is 0 Å². The van der Waals surface area contributed by atoms with E-state index in [4.69, 9.17) is 5.11 Å². The third-order valence-corrected chi connectivity index (χ3v) is 3.02. The quantitative estimate of drug-likeness (QED) is 0.643. The van der Waals surface area contributed by atoms with Crippen molar-refractivity contribution < 1.29 is 9.90 Å². The molecule has 1 aliphatic carbocycles. The van der Waals surface area contributed by atoms with E-state index in [1.807, 2.05) is 13.8 Å². The maximum absolute atomic E-state index is 11.1. The molecule has 1 fully saturated rings. The van der Waals surface area contributed by atoms with Crippen LogP contribution >= 0.6 is 0 Å². The zero-order chi connectivity index (χ0) is 9.35. The van der Waals surface area contributed by atoms with Gasteiger partial charge in [-0.15, -0.1) is 0 Å². The first-order valence-corrected chi connectivity index (χ1v) is 4.39. The zero-order valence-corrected chi connectivity index (χ0v) is 7.76. The molecule has 1 N–H and O–H groups in total. The number of hydrogen-bond donors (Lipinski definition) is 1. The molecular formula is C10H16O2. The summed E-state index contributed by atoms with van der Waals surface area (Å²) in [5, 5.41) is 9.11. The molecule has 0 bridgehead atoms. The van der Waals surface area contributed by atoms with Gasteiger partial charge in [-0.05, 0) is 25.2 Å². The molecule has 0 aromatic rings. The van der Waals surface area contributed by atoms with Crippen LogP contribution in [-0.2, 0) is 4.79 Å². The predicted molar refractivity (Wildman–Crippen MR) is 47.9 cm³/mol. The average Bonchev–Trinajstić information content (AvgIpc) is 2.32. The highest BCUT2D eigenvalue weighted by atomic mass is 16.4. The minimum atomic E-state index is -0.656. The van der Waals surface area contributed by atoms with Crippen LogP contribution in [0.3, 0.4) is 0 Å². The van der Waals surface area contributed by atoms with Gasteiger partial charge in [0, 0.05) is 0 Å². The van der Waals surface area contributed by atoms with Crippen LogP contribution in [-0.4, -0.2) is 11.1 Å². The molecule has 2 nitrogen and oxygen atoms in total. The fraction of sp³-hybridized carbons (Fsp3) is 0.700. The van der Waals surface area contributed by atoms with Gasteiger partial charge in [-0.3, -0.25) is 4.79 Å². The molecule has 2 heteroatoms. The molecule has 1 rings (SSSR count). The number of allylic oxidation sites excluding steroid dienone is 1. The molecule has 0 spiro atoms. The monoisotopic (exact) mass is 168 g/mol. The van der Waals surface area contributed by atoms with Crippen molar-refractivity contribution in [1.82, 2.24) is 0 Å². The number of carboxylic acid groups (broad SMARTS) is 1. The maximum Gasteiger partial charge on any atom is 0.310 e. The summed E-state index contributed by atoms with van der Waals surface area (Å²) in [5.74, 6) is -0.453. The second-order valence-corrected chi connectivity index (χ2v) is 4.04. The molecule has 0 amide bonds. The normalized spacial score (nSPS) is 29.8. The second kappa shape index (κ2) is 2.92. The van der Waals surface area contributed by atoms with Gasteiger partial charge < -0.3 is 5.11 Å². The van der Waals surface area contributed by atoms with E-state index < -0.39 is 11.4 Å². The molecule has 1 atom stereocenters. The van der Waals surface area contributed by atoms with Gasteiger partial charge in [0.25, 0.3) is 0 Å². The van der Waals surface area contributed by atoms with E-state index in [2.05, 4.69) is 6.58 Å². The first-order valence-electron chi connectivity index (χ1n) is 4.39. The number of hydrogen-bond acceptors (Lipinski definition) is 1. The molecular weight excluding hydrogens is 152 g/mol. The summed E-state index contributed by atoms with van der Waals surface area (Å²) in [5.41, 5.74) is 0.572. The summed E-state index contributed by atoms with van der Waals surface area (Å²) in [4.78, 5) is 11.1. The third kappa shape index (κ3) is 1.26. The van der Waals surface area contributed by atoms with Crippen LogP contribution in [0.25, 0.3) is 0 Å². The number of aliphatic carboxylic acids is 1.